The van der Waals surface area contributed by atoms with Crippen LogP contribution in [0.3, 0.4) is 0 Å². The van der Waals surface area contributed by atoms with Crippen LogP contribution >= 0.6 is 0 Å². The van der Waals surface area contributed by atoms with E-state index < -0.39 is 10.0 Å². The number of pyridine rings is 1. The molecule has 0 bridgehead atoms. The Bertz CT molecular complexity index is 716. The fourth-order valence-corrected chi connectivity index (χ4v) is 3.44. The second kappa shape index (κ2) is 7.43. The summed E-state index contributed by atoms with van der Waals surface area (Å²) < 4.78 is 32.3. The maximum atomic E-state index is 13.0. The van der Waals surface area contributed by atoms with Crippen molar-refractivity contribution in [3.63, 3.8) is 0 Å². The summed E-state index contributed by atoms with van der Waals surface area (Å²) in [4.78, 5) is 6.08. The predicted molar refractivity (Wildman–Crippen MR) is 90.3 cm³/mol. The molecule has 1 aromatic carbocycles. The molecule has 0 aliphatic heterocycles. The van der Waals surface area contributed by atoms with Crippen molar-refractivity contribution in [3.05, 3.63) is 48.7 Å². The molecule has 0 unspecified atom stereocenters. The number of benzene rings is 1. The van der Waals surface area contributed by atoms with Gasteiger partial charge in [0, 0.05) is 19.2 Å². The quantitative estimate of drug-likeness (QED) is 0.773. The minimum absolute atomic E-state index is 0.140. The smallest absolute Gasteiger partial charge is 0.265 e. The van der Waals surface area contributed by atoms with E-state index in [1.54, 1.807) is 18.2 Å². The fraction of sp³-hybridized carbons (Fsp3) is 0.312. The summed E-state index contributed by atoms with van der Waals surface area (Å²) in [5.41, 5.74) is 0.630. The van der Waals surface area contributed by atoms with E-state index >= 15 is 0 Å². The van der Waals surface area contributed by atoms with E-state index in [4.69, 9.17) is 4.74 Å². The molecule has 0 aliphatic rings. The van der Waals surface area contributed by atoms with Crippen molar-refractivity contribution in [1.82, 2.24) is 9.88 Å². The van der Waals surface area contributed by atoms with Gasteiger partial charge in [0.25, 0.3) is 10.0 Å². The molecular formula is C16H21N3O3S. The lowest BCUT2D eigenvalue weighted by molar-refractivity contribution is 0.397. The van der Waals surface area contributed by atoms with Crippen molar-refractivity contribution < 1.29 is 13.2 Å². The van der Waals surface area contributed by atoms with Gasteiger partial charge in [-0.15, -0.1) is 0 Å². The van der Waals surface area contributed by atoms with E-state index in [0.717, 1.165) is 0 Å². The van der Waals surface area contributed by atoms with Crippen molar-refractivity contribution in [3.8, 4) is 5.88 Å². The Kier molecular flexibility index (Phi) is 5.57. The first-order valence-corrected chi connectivity index (χ1v) is 8.61. The highest BCUT2D eigenvalue weighted by molar-refractivity contribution is 7.92. The van der Waals surface area contributed by atoms with Crippen LogP contribution in [-0.2, 0) is 10.0 Å². The number of hydrogen-bond acceptors (Lipinski definition) is 5. The van der Waals surface area contributed by atoms with Gasteiger partial charge in [-0.1, -0.05) is 18.2 Å². The first kappa shape index (κ1) is 17.2. The largest absolute Gasteiger partial charge is 0.481 e. The molecule has 0 spiro atoms. The molecule has 0 saturated heterocycles. The predicted octanol–water partition coefficient (Wildman–Crippen LogP) is 1.85. The molecule has 1 heterocycles. The Hall–Kier alpha value is -2.12. The highest BCUT2D eigenvalue weighted by Crippen LogP contribution is 2.23. The molecule has 0 saturated carbocycles. The zero-order chi connectivity index (χ0) is 16.9. The molecule has 124 valence electrons. The lowest BCUT2D eigenvalue weighted by Gasteiger charge is -2.25. The highest BCUT2D eigenvalue weighted by atomic mass is 32.2. The van der Waals surface area contributed by atoms with E-state index in [1.807, 2.05) is 37.2 Å². The zero-order valence-electron chi connectivity index (χ0n) is 13.5. The van der Waals surface area contributed by atoms with Gasteiger partial charge in [0.15, 0.2) is 0 Å². The average Bonchev–Trinajstić information content (AvgIpc) is 2.55. The van der Waals surface area contributed by atoms with Crippen molar-refractivity contribution in [2.45, 2.75) is 4.90 Å². The topological polar surface area (TPSA) is 62.7 Å². The van der Waals surface area contributed by atoms with E-state index in [-0.39, 0.29) is 4.90 Å². The Morgan fingerprint density at radius 2 is 1.74 bits per heavy atom. The fourth-order valence-electron chi connectivity index (χ4n) is 2.04. The van der Waals surface area contributed by atoms with Gasteiger partial charge in [-0.05, 0) is 32.3 Å². The number of hydrogen-bond donors (Lipinski definition) is 0. The molecule has 23 heavy (non-hydrogen) atoms. The molecule has 2 aromatic rings. The number of nitrogens with zero attached hydrogens (tertiary/aromatic N) is 3. The van der Waals surface area contributed by atoms with Crippen LogP contribution in [0.15, 0.2) is 53.6 Å². The van der Waals surface area contributed by atoms with E-state index in [2.05, 4.69) is 4.98 Å². The van der Waals surface area contributed by atoms with E-state index in [9.17, 15) is 8.42 Å². The number of anilines is 1. The number of rotatable bonds is 7. The van der Waals surface area contributed by atoms with Crippen LogP contribution in [0, 0.1) is 0 Å². The van der Waals surface area contributed by atoms with Crippen LogP contribution in [0.4, 0.5) is 5.69 Å². The maximum absolute atomic E-state index is 13.0. The third-order valence-electron chi connectivity index (χ3n) is 3.30. The van der Waals surface area contributed by atoms with Crippen LogP contribution in [0.2, 0.25) is 0 Å². The molecule has 6 nitrogen and oxygen atoms in total. The maximum Gasteiger partial charge on any atom is 0.265 e. The van der Waals surface area contributed by atoms with Gasteiger partial charge < -0.3 is 9.64 Å². The summed E-state index contributed by atoms with van der Waals surface area (Å²) >= 11 is 0. The van der Waals surface area contributed by atoms with Crippen molar-refractivity contribution >= 4 is 15.7 Å². The number of para-hydroxylation sites is 1. The molecule has 0 aliphatic carbocycles. The van der Waals surface area contributed by atoms with Crippen molar-refractivity contribution in [2.24, 2.45) is 0 Å². The van der Waals surface area contributed by atoms with E-state index in [0.29, 0.717) is 24.7 Å². The summed E-state index contributed by atoms with van der Waals surface area (Å²) in [7, 11) is 1.62. The second-order valence-electron chi connectivity index (χ2n) is 5.25. The third-order valence-corrected chi connectivity index (χ3v) is 5.11. The minimum Gasteiger partial charge on any atom is -0.481 e. The standard InChI is InChI=1S/C16H21N3O3S/c1-18(2)11-12-19(14-7-5-4-6-8-14)23(20,21)15-9-10-16(22-3)17-13-15/h4-10,13H,11-12H2,1-3H3. The molecule has 7 heteroatoms. The van der Waals surface area contributed by atoms with Gasteiger partial charge in [0.1, 0.15) is 4.90 Å². The lowest BCUT2D eigenvalue weighted by atomic mass is 10.3. The Morgan fingerprint density at radius 3 is 2.26 bits per heavy atom. The molecule has 0 radical (unpaired) electrons. The lowest BCUT2D eigenvalue weighted by Crippen LogP contribution is -2.36. The molecule has 0 amide bonds. The molecule has 1 aromatic heterocycles. The summed E-state index contributed by atoms with van der Waals surface area (Å²) in [5, 5.41) is 0. The minimum atomic E-state index is -3.69. The number of sulfonamides is 1. The van der Waals surface area contributed by atoms with E-state index in [1.165, 1.54) is 23.7 Å². The number of ether oxygens (including phenoxy) is 1. The average molecular weight is 335 g/mol. The van der Waals surface area contributed by atoms with Gasteiger partial charge in [0.05, 0.1) is 19.0 Å². The monoisotopic (exact) mass is 335 g/mol. The summed E-state index contributed by atoms with van der Waals surface area (Å²) in [5.74, 6) is 0.378. The first-order chi connectivity index (χ1) is 10.9. The van der Waals surface area contributed by atoms with Gasteiger partial charge >= 0.3 is 0 Å². The summed E-state index contributed by atoms with van der Waals surface area (Å²) in [6.45, 7) is 0.961. The van der Waals surface area contributed by atoms with Crippen LogP contribution in [0.25, 0.3) is 0 Å². The molecular weight excluding hydrogens is 314 g/mol. The van der Waals surface area contributed by atoms with Gasteiger partial charge in [-0.3, -0.25) is 4.31 Å². The van der Waals surface area contributed by atoms with Crippen molar-refractivity contribution in [2.75, 3.05) is 38.6 Å². The highest BCUT2D eigenvalue weighted by Gasteiger charge is 2.25. The zero-order valence-corrected chi connectivity index (χ0v) is 14.3. The third kappa shape index (κ3) is 4.20. The Labute approximate surface area is 137 Å². The molecule has 0 fully saturated rings. The van der Waals surface area contributed by atoms with Crippen LogP contribution < -0.4 is 9.04 Å². The van der Waals surface area contributed by atoms with Gasteiger partial charge in [-0.25, -0.2) is 13.4 Å². The van der Waals surface area contributed by atoms with Crippen LogP contribution in [-0.4, -0.2) is 52.6 Å². The van der Waals surface area contributed by atoms with Crippen LogP contribution in [0.5, 0.6) is 5.88 Å². The Balaban J connectivity index is 2.39. The number of aromatic nitrogens is 1. The SMILES string of the molecule is COc1ccc(S(=O)(=O)N(CCN(C)C)c2ccccc2)cn1. The normalized spacial score (nSPS) is 11.5. The second-order valence-corrected chi connectivity index (χ2v) is 7.11. The Morgan fingerprint density at radius 1 is 1.04 bits per heavy atom. The first-order valence-electron chi connectivity index (χ1n) is 7.17. The summed E-state index contributed by atoms with van der Waals surface area (Å²) in [6.07, 6.45) is 1.32. The molecule has 2 rings (SSSR count). The molecule has 0 atom stereocenters. The summed E-state index contributed by atoms with van der Waals surface area (Å²) in [6, 6.07) is 12.1. The van der Waals surface area contributed by atoms with Gasteiger partial charge in [0.2, 0.25) is 5.88 Å². The molecule has 0 N–H and O–H groups in total. The number of methoxy groups -OCH3 is 1. The number of likely N-dealkylation sites (N-methyl/N-ethyl adjacent to an activating group) is 1. The van der Waals surface area contributed by atoms with Gasteiger partial charge in [-0.2, -0.15) is 0 Å². The van der Waals surface area contributed by atoms with Crippen molar-refractivity contribution in [1.29, 1.82) is 0 Å². The van der Waals surface area contributed by atoms with Crippen LogP contribution in [0.1, 0.15) is 0 Å².